The molecule has 1 rings (SSSR count). The maximum Gasteiger partial charge on any atom is 0.126 e. The first-order valence-electron chi connectivity index (χ1n) is 4.97. The van der Waals surface area contributed by atoms with E-state index in [1.165, 1.54) is 12.1 Å². The summed E-state index contributed by atoms with van der Waals surface area (Å²) in [5.74, 6) is -1.04. The van der Waals surface area contributed by atoms with Crippen LogP contribution < -0.4 is 5.32 Å². The van der Waals surface area contributed by atoms with Gasteiger partial charge < -0.3 is 5.32 Å². The molecule has 0 aliphatic rings. The van der Waals surface area contributed by atoms with Crippen molar-refractivity contribution < 1.29 is 8.78 Å². The summed E-state index contributed by atoms with van der Waals surface area (Å²) < 4.78 is 25.6. The molecule has 0 fully saturated rings. The molecule has 1 nitrogen and oxygen atoms in total. The van der Waals surface area contributed by atoms with Gasteiger partial charge in [0.1, 0.15) is 11.6 Å². The van der Waals surface area contributed by atoms with E-state index < -0.39 is 11.6 Å². The Hall–Kier alpha value is -1.22. The molecule has 0 heterocycles. The van der Waals surface area contributed by atoms with Crippen molar-refractivity contribution in [3.63, 3.8) is 0 Å². The summed E-state index contributed by atoms with van der Waals surface area (Å²) in [6.07, 6.45) is 5.41. The van der Waals surface area contributed by atoms with Gasteiger partial charge in [0, 0.05) is 6.07 Å². The van der Waals surface area contributed by atoms with Gasteiger partial charge in [-0.2, -0.15) is 0 Å². The molecule has 1 N–H and O–H groups in total. The Morgan fingerprint density at radius 2 is 1.80 bits per heavy atom. The Morgan fingerprint density at radius 3 is 2.40 bits per heavy atom. The number of halogens is 2. The van der Waals surface area contributed by atoms with Crippen LogP contribution >= 0.6 is 0 Å². The monoisotopic (exact) mass is 211 g/mol. The summed E-state index contributed by atoms with van der Waals surface area (Å²) in [5, 5.41) is 3.01. The van der Waals surface area contributed by atoms with Crippen molar-refractivity contribution in [2.45, 2.75) is 12.8 Å². The number of nitrogens with one attached hydrogen (secondary N) is 1. The summed E-state index contributed by atoms with van der Waals surface area (Å²) in [6, 6.07) is 3.59. The third-order valence-electron chi connectivity index (χ3n) is 2.00. The van der Waals surface area contributed by atoms with Crippen LogP contribution in [0, 0.1) is 11.6 Å². The van der Waals surface area contributed by atoms with Crippen molar-refractivity contribution in [1.82, 2.24) is 5.32 Å². The fourth-order valence-corrected chi connectivity index (χ4v) is 1.29. The van der Waals surface area contributed by atoms with E-state index >= 15 is 0 Å². The van der Waals surface area contributed by atoms with E-state index in [0.29, 0.717) is 12.0 Å². The normalized spacial score (nSPS) is 11.1. The van der Waals surface area contributed by atoms with Crippen molar-refractivity contribution >= 4 is 0 Å². The maximum absolute atomic E-state index is 12.8. The molecule has 1 aromatic carbocycles. The van der Waals surface area contributed by atoms with Crippen LogP contribution in [0.4, 0.5) is 8.78 Å². The van der Waals surface area contributed by atoms with Gasteiger partial charge in [0.05, 0.1) is 0 Å². The lowest BCUT2D eigenvalue weighted by Gasteiger charge is -1.98. The molecule has 0 bridgehead atoms. The Balaban J connectivity index is 2.46. The van der Waals surface area contributed by atoms with Gasteiger partial charge >= 0.3 is 0 Å². The highest BCUT2D eigenvalue weighted by Gasteiger charge is 1.98. The molecular weight excluding hydrogens is 196 g/mol. The summed E-state index contributed by atoms with van der Waals surface area (Å²) in [6.45, 7) is 0.911. The number of benzene rings is 1. The summed E-state index contributed by atoms with van der Waals surface area (Å²) in [7, 11) is 1.88. The predicted molar refractivity (Wildman–Crippen MR) is 57.7 cm³/mol. The molecule has 0 atom stereocenters. The van der Waals surface area contributed by atoms with Crippen molar-refractivity contribution in [3.8, 4) is 0 Å². The lowest BCUT2D eigenvalue weighted by molar-refractivity contribution is 0.580. The van der Waals surface area contributed by atoms with Crippen LogP contribution in [0.25, 0.3) is 0 Å². The van der Waals surface area contributed by atoms with Gasteiger partial charge in [-0.05, 0) is 44.1 Å². The molecule has 0 saturated carbocycles. The first-order valence-corrected chi connectivity index (χ1v) is 4.97. The van der Waals surface area contributed by atoms with Crippen molar-refractivity contribution in [3.05, 3.63) is 47.5 Å². The largest absolute Gasteiger partial charge is 0.319 e. The second-order valence-electron chi connectivity index (χ2n) is 3.35. The Labute approximate surface area is 88.8 Å². The lowest BCUT2D eigenvalue weighted by atomic mass is 10.1. The van der Waals surface area contributed by atoms with Crippen LogP contribution in [0.15, 0.2) is 30.4 Å². The summed E-state index contributed by atoms with van der Waals surface area (Å²) in [5.41, 5.74) is 0.660. The van der Waals surface area contributed by atoms with Gasteiger partial charge in [-0.25, -0.2) is 8.78 Å². The zero-order chi connectivity index (χ0) is 11.1. The molecule has 15 heavy (non-hydrogen) atoms. The average Bonchev–Trinajstić information content (AvgIpc) is 2.16. The molecule has 0 unspecified atom stereocenters. The van der Waals surface area contributed by atoms with E-state index in [0.717, 1.165) is 19.0 Å². The zero-order valence-electron chi connectivity index (χ0n) is 8.76. The quantitative estimate of drug-likeness (QED) is 0.583. The maximum atomic E-state index is 12.8. The number of hydrogen-bond acceptors (Lipinski definition) is 1. The molecule has 0 aliphatic carbocycles. The van der Waals surface area contributed by atoms with Crippen LogP contribution in [0.1, 0.15) is 12.0 Å². The molecule has 0 aliphatic heterocycles. The van der Waals surface area contributed by atoms with Gasteiger partial charge in [-0.3, -0.25) is 0 Å². The van der Waals surface area contributed by atoms with Gasteiger partial charge in [0.25, 0.3) is 0 Å². The fraction of sp³-hybridized carbons (Fsp3) is 0.333. The Bertz CT molecular complexity index is 314. The van der Waals surface area contributed by atoms with Gasteiger partial charge in [0.2, 0.25) is 0 Å². The van der Waals surface area contributed by atoms with E-state index in [1.54, 1.807) is 0 Å². The molecule has 0 spiro atoms. The smallest absolute Gasteiger partial charge is 0.126 e. The highest BCUT2D eigenvalue weighted by atomic mass is 19.1. The third-order valence-corrected chi connectivity index (χ3v) is 2.00. The minimum Gasteiger partial charge on any atom is -0.319 e. The molecule has 0 saturated heterocycles. The Kier molecular flexibility index (Phi) is 4.98. The van der Waals surface area contributed by atoms with Crippen molar-refractivity contribution in [2.75, 3.05) is 13.6 Å². The van der Waals surface area contributed by atoms with E-state index in [9.17, 15) is 8.78 Å². The van der Waals surface area contributed by atoms with Crippen molar-refractivity contribution in [1.29, 1.82) is 0 Å². The third kappa shape index (κ3) is 4.70. The molecule has 3 heteroatoms. The number of hydrogen-bond donors (Lipinski definition) is 1. The first kappa shape index (κ1) is 11.9. The first-order chi connectivity index (χ1) is 7.22. The van der Waals surface area contributed by atoms with Crippen LogP contribution in [0.3, 0.4) is 0 Å². The second-order valence-corrected chi connectivity index (χ2v) is 3.35. The van der Waals surface area contributed by atoms with Gasteiger partial charge in [0.15, 0.2) is 0 Å². The number of rotatable bonds is 5. The minimum absolute atomic E-state index is 0.520. The van der Waals surface area contributed by atoms with E-state index in [4.69, 9.17) is 0 Å². The molecule has 1 aromatic rings. The SMILES string of the molecule is CNCC/C=C/Cc1cc(F)cc(F)c1. The fourth-order valence-electron chi connectivity index (χ4n) is 1.29. The minimum atomic E-state index is -0.520. The van der Waals surface area contributed by atoms with Gasteiger partial charge in [-0.1, -0.05) is 12.2 Å². The van der Waals surface area contributed by atoms with E-state index in [2.05, 4.69) is 5.32 Å². The molecular formula is C12H15F2N. The highest BCUT2D eigenvalue weighted by Crippen LogP contribution is 2.08. The molecule has 0 aromatic heterocycles. The van der Waals surface area contributed by atoms with Crippen LogP contribution in [0.2, 0.25) is 0 Å². The summed E-state index contributed by atoms with van der Waals surface area (Å²) in [4.78, 5) is 0. The van der Waals surface area contributed by atoms with Crippen LogP contribution in [-0.4, -0.2) is 13.6 Å². The standard InChI is InChI=1S/C12H15F2N/c1-15-6-4-2-3-5-10-7-11(13)9-12(14)8-10/h2-3,7-9,15H,4-6H2,1H3/b3-2+. The van der Waals surface area contributed by atoms with Crippen LogP contribution in [-0.2, 0) is 6.42 Å². The van der Waals surface area contributed by atoms with E-state index in [-0.39, 0.29) is 0 Å². The predicted octanol–water partition coefficient (Wildman–Crippen LogP) is 2.67. The zero-order valence-corrected chi connectivity index (χ0v) is 8.76. The molecule has 82 valence electrons. The summed E-state index contributed by atoms with van der Waals surface area (Å²) >= 11 is 0. The lowest BCUT2D eigenvalue weighted by Crippen LogP contribution is -2.05. The Morgan fingerprint density at radius 1 is 1.13 bits per heavy atom. The highest BCUT2D eigenvalue weighted by molar-refractivity contribution is 5.20. The molecule has 0 amide bonds. The topological polar surface area (TPSA) is 12.0 Å². The van der Waals surface area contributed by atoms with E-state index in [1.807, 2.05) is 19.2 Å². The number of allylic oxidation sites excluding steroid dienone is 1. The van der Waals surface area contributed by atoms with Crippen molar-refractivity contribution in [2.24, 2.45) is 0 Å². The van der Waals surface area contributed by atoms with Gasteiger partial charge in [-0.15, -0.1) is 0 Å². The second kappa shape index (κ2) is 6.30. The average molecular weight is 211 g/mol. The van der Waals surface area contributed by atoms with Crippen LogP contribution in [0.5, 0.6) is 0 Å². The molecule has 0 radical (unpaired) electrons.